The van der Waals surface area contributed by atoms with Gasteiger partial charge < -0.3 is 14.5 Å². The fourth-order valence-electron chi connectivity index (χ4n) is 3.43. The number of anilines is 1. The molecular formula is C19H23N6OS+. The van der Waals surface area contributed by atoms with Crippen LogP contribution in [0.15, 0.2) is 54.6 Å². The fourth-order valence-corrected chi connectivity index (χ4v) is 3.67. The lowest BCUT2D eigenvalue weighted by Crippen LogP contribution is -3.14. The number of quaternary nitrogens is 1. The van der Waals surface area contributed by atoms with Crippen molar-refractivity contribution in [3.8, 4) is 11.4 Å². The molecule has 8 heteroatoms. The second-order valence-electron chi connectivity index (χ2n) is 6.58. The summed E-state index contributed by atoms with van der Waals surface area (Å²) in [6.07, 6.45) is 0. The molecule has 1 N–H and O–H groups in total. The largest absolute Gasteiger partial charge is 0.495 e. The van der Waals surface area contributed by atoms with E-state index < -0.39 is 0 Å². The van der Waals surface area contributed by atoms with Crippen LogP contribution in [0.5, 0.6) is 5.75 Å². The highest BCUT2D eigenvalue weighted by Crippen LogP contribution is 2.27. The number of nitrogens with one attached hydrogen (secondary N) is 1. The molecular weight excluding hydrogens is 360 g/mol. The van der Waals surface area contributed by atoms with Gasteiger partial charge in [0, 0.05) is 0 Å². The number of tetrazole rings is 1. The zero-order valence-corrected chi connectivity index (χ0v) is 16.1. The first kappa shape index (κ1) is 17.7. The Bertz CT molecular complexity index is 946. The third kappa shape index (κ3) is 3.72. The summed E-state index contributed by atoms with van der Waals surface area (Å²) < 4.78 is 9.64. The minimum absolute atomic E-state index is 0.626. The number of hydrogen-bond donors (Lipinski definition) is 1. The smallest absolute Gasteiger partial charge is 0.225 e. The van der Waals surface area contributed by atoms with Gasteiger partial charge >= 0.3 is 0 Å². The number of para-hydroxylation sites is 3. The number of piperazine rings is 1. The number of nitrogens with zero attached hydrogens (tertiary/aromatic N) is 5. The van der Waals surface area contributed by atoms with Gasteiger partial charge in [0.2, 0.25) is 4.77 Å². The summed E-state index contributed by atoms with van der Waals surface area (Å²) in [5, 5.41) is 8.48. The minimum atomic E-state index is 0.626. The predicted octanol–water partition coefficient (Wildman–Crippen LogP) is 1.17. The molecule has 0 spiro atoms. The molecule has 7 nitrogen and oxygen atoms in total. The molecule has 3 aromatic rings. The topological polar surface area (TPSA) is 52.6 Å². The lowest BCUT2D eigenvalue weighted by atomic mass is 10.2. The highest BCUT2D eigenvalue weighted by Gasteiger charge is 2.23. The summed E-state index contributed by atoms with van der Waals surface area (Å²) in [6.45, 7) is 4.69. The van der Waals surface area contributed by atoms with E-state index in [9.17, 15) is 0 Å². The Morgan fingerprint density at radius 1 is 1.00 bits per heavy atom. The molecule has 1 aliphatic heterocycles. The van der Waals surface area contributed by atoms with Crippen LogP contribution in [-0.2, 0) is 6.67 Å². The van der Waals surface area contributed by atoms with Crippen LogP contribution in [0.25, 0.3) is 5.69 Å². The first-order chi connectivity index (χ1) is 13.3. The number of rotatable bonds is 5. The van der Waals surface area contributed by atoms with Crippen LogP contribution in [-0.4, -0.2) is 53.1 Å². The molecule has 0 saturated carbocycles. The summed E-state index contributed by atoms with van der Waals surface area (Å²) in [5.41, 5.74) is 2.09. The summed E-state index contributed by atoms with van der Waals surface area (Å²) >= 11 is 5.57. The summed E-state index contributed by atoms with van der Waals surface area (Å²) in [5.74, 6) is 0.925. The lowest BCUT2D eigenvalue weighted by molar-refractivity contribution is -0.924. The Morgan fingerprint density at radius 2 is 1.70 bits per heavy atom. The van der Waals surface area contributed by atoms with Gasteiger partial charge in [-0.1, -0.05) is 30.3 Å². The third-order valence-corrected chi connectivity index (χ3v) is 5.29. The Hall–Kier alpha value is -2.71. The predicted molar refractivity (Wildman–Crippen MR) is 106 cm³/mol. The van der Waals surface area contributed by atoms with Crippen LogP contribution in [0, 0.1) is 4.77 Å². The van der Waals surface area contributed by atoms with E-state index in [0.717, 1.165) is 50.0 Å². The maximum Gasteiger partial charge on any atom is 0.225 e. The molecule has 1 saturated heterocycles. The van der Waals surface area contributed by atoms with Crippen molar-refractivity contribution in [3.05, 3.63) is 59.4 Å². The molecule has 140 valence electrons. The summed E-state index contributed by atoms with van der Waals surface area (Å²) in [4.78, 5) is 3.82. The van der Waals surface area contributed by atoms with Crippen molar-refractivity contribution < 1.29 is 9.64 Å². The molecule has 1 fully saturated rings. The number of methoxy groups -OCH3 is 1. The van der Waals surface area contributed by atoms with Crippen molar-refractivity contribution in [2.75, 3.05) is 38.2 Å². The number of hydrogen-bond acceptors (Lipinski definition) is 5. The normalized spacial score (nSPS) is 15.1. The van der Waals surface area contributed by atoms with Gasteiger partial charge in [-0.05, 0) is 46.9 Å². The van der Waals surface area contributed by atoms with E-state index in [1.165, 1.54) is 4.90 Å². The second-order valence-corrected chi connectivity index (χ2v) is 6.94. The zero-order chi connectivity index (χ0) is 18.6. The molecule has 27 heavy (non-hydrogen) atoms. The first-order valence-corrected chi connectivity index (χ1v) is 9.47. The fraction of sp³-hybridized carbons (Fsp3) is 0.316. The lowest BCUT2D eigenvalue weighted by Gasteiger charge is -2.33. The van der Waals surface area contributed by atoms with Crippen molar-refractivity contribution in [1.29, 1.82) is 0 Å². The van der Waals surface area contributed by atoms with E-state index in [-0.39, 0.29) is 0 Å². The van der Waals surface area contributed by atoms with Gasteiger partial charge in [-0.3, -0.25) is 0 Å². The molecule has 2 heterocycles. The second kappa shape index (κ2) is 7.89. The van der Waals surface area contributed by atoms with E-state index in [0.29, 0.717) is 4.77 Å². The number of aromatic nitrogens is 4. The summed E-state index contributed by atoms with van der Waals surface area (Å²) in [7, 11) is 1.72. The van der Waals surface area contributed by atoms with Crippen LogP contribution >= 0.6 is 12.2 Å². The SMILES string of the molecule is COc1ccccc1N1CC[NH+](Cn2nnn(-c3ccccc3)c2=S)CC1. The number of benzene rings is 2. The Labute approximate surface area is 163 Å². The molecule has 2 aromatic carbocycles. The van der Waals surface area contributed by atoms with Gasteiger partial charge in [-0.25, -0.2) is 0 Å². The average molecular weight is 384 g/mol. The van der Waals surface area contributed by atoms with Crippen molar-refractivity contribution in [3.63, 3.8) is 0 Å². The molecule has 0 aliphatic carbocycles. The Balaban J connectivity index is 1.42. The molecule has 1 aromatic heterocycles. The molecule has 0 radical (unpaired) electrons. The minimum Gasteiger partial charge on any atom is -0.495 e. The Morgan fingerprint density at radius 3 is 2.44 bits per heavy atom. The van der Waals surface area contributed by atoms with Crippen molar-refractivity contribution >= 4 is 17.9 Å². The highest BCUT2D eigenvalue weighted by molar-refractivity contribution is 7.71. The van der Waals surface area contributed by atoms with Gasteiger partial charge in [0.15, 0.2) is 6.67 Å². The van der Waals surface area contributed by atoms with Gasteiger partial charge in [0.25, 0.3) is 0 Å². The van der Waals surface area contributed by atoms with E-state index in [1.807, 2.05) is 47.1 Å². The zero-order valence-electron chi connectivity index (χ0n) is 15.3. The van der Waals surface area contributed by atoms with Crippen LogP contribution in [0.2, 0.25) is 0 Å². The van der Waals surface area contributed by atoms with Crippen LogP contribution in [0.4, 0.5) is 5.69 Å². The van der Waals surface area contributed by atoms with E-state index in [4.69, 9.17) is 17.0 Å². The Kier molecular flexibility index (Phi) is 5.17. The van der Waals surface area contributed by atoms with Crippen LogP contribution in [0.1, 0.15) is 0 Å². The molecule has 4 rings (SSSR count). The molecule has 0 atom stereocenters. The van der Waals surface area contributed by atoms with Crippen molar-refractivity contribution in [2.24, 2.45) is 0 Å². The number of ether oxygens (including phenoxy) is 1. The summed E-state index contributed by atoms with van der Waals surface area (Å²) in [6, 6.07) is 18.1. The first-order valence-electron chi connectivity index (χ1n) is 9.06. The highest BCUT2D eigenvalue weighted by atomic mass is 32.1. The third-order valence-electron chi connectivity index (χ3n) is 4.91. The van der Waals surface area contributed by atoms with Gasteiger partial charge in [0.1, 0.15) is 5.75 Å². The van der Waals surface area contributed by atoms with Gasteiger partial charge in [-0.15, -0.1) is 0 Å². The van der Waals surface area contributed by atoms with Gasteiger partial charge in [0.05, 0.1) is 44.7 Å². The standard InChI is InChI=1S/C19H22N6OS/c1-26-18-10-6-5-9-17(18)23-13-11-22(12-14-23)15-24-19(27)25(21-20-24)16-7-3-2-4-8-16/h2-10H,11-15H2,1H3/p+1. The van der Waals surface area contributed by atoms with Crippen LogP contribution < -0.4 is 14.5 Å². The monoisotopic (exact) mass is 383 g/mol. The van der Waals surface area contributed by atoms with Crippen molar-refractivity contribution in [2.45, 2.75) is 6.67 Å². The maximum absolute atomic E-state index is 5.57. The van der Waals surface area contributed by atoms with E-state index in [2.05, 4.69) is 27.5 Å². The van der Waals surface area contributed by atoms with E-state index in [1.54, 1.807) is 11.8 Å². The molecule has 0 amide bonds. The van der Waals surface area contributed by atoms with Crippen LogP contribution in [0.3, 0.4) is 0 Å². The van der Waals surface area contributed by atoms with Crippen molar-refractivity contribution in [1.82, 2.24) is 19.8 Å². The molecule has 0 unspecified atom stereocenters. The molecule has 0 bridgehead atoms. The van der Waals surface area contributed by atoms with E-state index >= 15 is 0 Å². The quantitative estimate of drug-likeness (QED) is 0.671. The maximum atomic E-state index is 5.57. The average Bonchev–Trinajstić information content (AvgIpc) is 3.09. The van der Waals surface area contributed by atoms with Gasteiger partial charge in [-0.2, -0.15) is 9.36 Å². The molecule has 1 aliphatic rings.